The number of hydrogen-bond acceptors (Lipinski definition) is 9. The summed E-state index contributed by atoms with van der Waals surface area (Å²) in [5.74, 6) is 0.125. The van der Waals surface area contributed by atoms with Crippen LogP contribution in [0.1, 0.15) is 41.2 Å². The number of benzene rings is 1. The zero-order valence-corrected chi connectivity index (χ0v) is 23.6. The summed E-state index contributed by atoms with van der Waals surface area (Å²) in [6.45, 7) is 8.30. The van der Waals surface area contributed by atoms with E-state index in [-0.39, 0.29) is 52.1 Å². The van der Waals surface area contributed by atoms with E-state index in [1.54, 1.807) is 43.3 Å². The van der Waals surface area contributed by atoms with Crippen LogP contribution >= 0.6 is 0 Å². The molecular weight excluding hydrogens is 522 g/mol. The van der Waals surface area contributed by atoms with Crippen LogP contribution in [0.3, 0.4) is 0 Å². The van der Waals surface area contributed by atoms with Crippen molar-refractivity contribution in [3.8, 4) is 5.75 Å². The van der Waals surface area contributed by atoms with Crippen molar-refractivity contribution >= 4 is 21.6 Å². The molecule has 1 aliphatic heterocycles. The number of rotatable bonds is 9. The molecule has 0 saturated heterocycles. The zero-order valence-electron chi connectivity index (χ0n) is 22.8. The van der Waals surface area contributed by atoms with E-state index in [1.807, 2.05) is 26.1 Å². The fraction of sp³-hybridized carbons (Fsp3) is 0.444. The van der Waals surface area contributed by atoms with Crippen LogP contribution in [-0.4, -0.2) is 78.3 Å². The summed E-state index contributed by atoms with van der Waals surface area (Å²) in [7, 11) is -2.01. The Kier molecular flexibility index (Phi) is 8.57. The number of hydrogen-bond donors (Lipinski definition) is 2. The molecule has 4 rings (SSSR count). The van der Waals surface area contributed by atoms with Crippen molar-refractivity contribution in [3.05, 3.63) is 65.3 Å². The number of nitrogens with one attached hydrogen (secondary N) is 1. The maximum Gasteiger partial charge on any atom is 0.267 e. The van der Waals surface area contributed by atoms with E-state index in [4.69, 9.17) is 9.26 Å². The maximum absolute atomic E-state index is 13.7. The number of aryl methyl sites for hydroxylation is 2. The second-order valence-corrected chi connectivity index (χ2v) is 11.8. The molecule has 0 radical (unpaired) electrons. The number of amides is 1. The molecule has 1 aromatic carbocycles. The molecule has 12 heteroatoms. The predicted molar refractivity (Wildman–Crippen MR) is 145 cm³/mol. The maximum atomic E-state index is 13.7. The molecule has 0 fully saturated rings. The number of sulfonamides is 1. The Hall–Kier alpha value is -3.48. The summed E-state index contributed by atoms with van der Waals surface area (Å²) in [4.78, 5) is 21.5. The van der Waals surface area contributed by atoms with Gasteiger partial charge in [-0.15, -0.1) is 0 Å². The Morgan fingerprint density at radius 1 is 1.23 bits per heavy atom. The number of aliphatic hydroxyl groups is 1. The lowest BCUT2D eigenvalue weighted by atomic mass is 9.99. The number of likely N-dealkylation sites (N-methyl/N-ethyl adjacent to an activating group) is 1. The van der Waals surface area contributed by atoms with Gasteiger partial charge in [-0.05, 0) is 63.7 Å². The Bertz CT molecular complexity index is 1390. The number of carbonyl (C=O) groups is 1. The normalized spacial score (nSPS) is 18.7. The first kappa shape index (κ1) is 28.5. The first-order chi connectivity index (χ1) is 18.5. The van der Waals surface area contributed by atoms with Crippen molar-refractivity contribution in [1.82, 2.24) is 19.9 Å². The van der Waals surface area contributed by atoms with Crippen molar-refractivity contribution in [2.24, 2.45) is 5.92 Å². The monoisotopic (exact) mass is 557 g/mol. The largest absolute Gasteiger partial charge is 0.488 e. The summed E-state index contributed by atoms with van der Waals surface area (Å²) in [5, 5.41) is 13.6. The summed E-state index contributed by atoms with van der Waals surface area (Å²) in [6, 6.07) is 8.12. The first-order valence-electron chi connectivity index (χ1n) is 12.8. The van der Waals surface area contributed by atoms with Crippen LogP contribution in [0, 0.1) is 19.8 Å². The topological polar surface area (TPSA) is 138 Å². The molecule has 1 aliphatic rings. The molecule has 1 amide bonds. The van der Waals surface area contributed by atoms with E-state index in [9.17, 15) is 18.3 Å². The van der Waals surface area contributed by atoms with Crippen molar-refractivity contribution < 1.29 is 27.6 Å². The van der Waals surface area contributed by atoms with Crippen LogP contribution in [0.4, 0.5) is 5.69 Å². The Labute approximate surface area is 228 Å². The minimum absolute atomic E-state index is 0.0431. The highest BCUT2D eigenvalue weighted by atomic mass is 32.2. The van der Waals surface area contributed by atoms with E-state index >= 15 is 0 Å². The van der Waals surface area contributed by atoms with Gasteiger partial charge in [0.1, 0.15) is 17.5 Å². The molecule has 210 valence electrons. The van der Waals surface area contributed by atoms with Crippen LogP contribution in [0.2, 0.25) is 0 Å². The quantitative estimate of drug-likeness (QED) is 0.407. The molecule has 0 aliphatic carbocycles. The molecule has 11 nitrogen and oxygen atoms in total. The van der Waals surface area contributed by atoms with Gasteiger partial charge < -0.3 is 19.3 Å². The van der Waals surface area contributed by atoms with E-state index in [0.29, 0.717) is 25.4 Å². The predicted octanol–water partition coefficient (Wildman–Crippen LogP) is 2.84. The second-order valence-electron chi connectivity index (χ2n) is 10.1. The lowest BCUT2D eigenvalue weighted by molar-refractivity contribution is 0.0341. The van der Waals surface area contributed by atoms with Gasteiger partial charge in [0.25, 0.3) is 15.9 Å². The lowest BCUT2D eigenvalue weighted by Gasteiger charge is -2.38. The number of aliphatic hydroxyl groups excluding tert-OH is 1. The molecule has 3 heterocycles. The van der Waals surface area contributed by atoms with Crippen molar-refractivity contribution in [2.45, 2.75) is 51.3 Å². The molecular formula is C27H35N5O6S. The molecule has 39 heavy (non-hydrogen) atoms. The molecule has 2 aromatic heterocycles. The number of nitrogens with zero attached hydrogens (tertiary/aromatic N) is 4. The van der Waals surface area contributed by atoms with E-state index in [1.165, 1.54) is 13.0 Å². The Balaban J connectivity index is 1.65. The van der Waals surface area contributed by atoms with Gasteiger partial charge in [0.15, 0.2) is 10.7 Å². The number of fused-ring (bicyclic) bond motifs is 1. The van der Waals surface area contributed by atoms with E-state index < -0.39 is 16.1 Å². The van der Waals surface area contributed by atoms with Gasteiger partial charge >= 0.3 is 0 Å². The number of pyridine rings is 1. The van der Waals surface area contributed by atoms with Crippen molar-refractivity contribution in [3.63, 3.8) is 0 Å². The molecule has 3 atom stereocenters. The molecule has 0 saturated carbocycles. The average Bonchev–Trinajstić information content (AvgIpc) is 3.25. The number of aromatic nitrogens is 2. The van der Waals surface area contributed by atoms with Crippen molar-refractivity contribution in [2.75, 3.05) is 31.5 Å². The van der Waals surface area contributed by atoms with Crippen molar-refractivity contribution in [1.29, 1.82) is 0 Å². The van der Waals surface area contributed by atoms with Crippen LogP contribution in [0.15, 0.2) is 52.1 Å². The van der Waals surface area contributed by atoms with Gasteiger partial charge in [-0.3, -0.25) is 19.4 Å². The summed E-state index contributed by atoms with van der Waals surface area (Å²) in [5.41, 5.74) is 1.76. The highest BCUT2D eigenvalue weighted by molar-refractivity contribution is 7.92. The summed E-state index contributed by atoms with van der Waals surface area (Å²) >= 11 is 0. The molecule has 2 N–H and O–H groups in total. The van der Waals surface area contributed by atoms with Crippen LogP contribution in [0.25, 0.3) is 0 Å². The van der Waals surface area contributed by atoms with Crippen LogP contribution in [-0.2, 0) is 16.6 Å². The lowest BCUT2D eigenvalue weighted by Crippen LogP contribution is -2.49. The highest BCUT2D eigenvalue weighted by Gasteiger charge is 2.34. The Morgan fingerprint density at radius 2 is 1.95 bits per heavy atom. The van der Waals surface area contributed by atoms with E-state index in [0.717, 1.165) is 5.56 Å². The minimum atomic E-state index is -4.01. The molecule has 0 unspecified atom stereocenters. The van der Waals surface area contributed by atoms with Gasteiger partial charge in [0, 0.05) is 43.6 Å². The zero-order chi connectivity index (χ0) is 28.3. The summed E-state index contributed by atoms with van der Waals surface area (Å²) < 4.78 is 40.1. The second kappa shape index (κ2) is 11.7. The van der Waals surface area contributed by atoms with Gasteiger partial charge in [-0.25, -0.2) is 8.42 Å². The third-order valence-electron chi connectivity index (χ3n) is 6.85. The Morgan fingerprint density at radius 3 is 2.59 bits per heavy atom. The van der Waals surface area contributed by atoms with E-state index in [2.05, 4.69) is 19.8 Å². The molecule has 3 aromatic rings. The van der Waals surface area contributed by atoms with Crippen LogP contribution < -0.4 is 9.46 Å². The highest BCUT2D eigenvalue weighted by Crippen LogP contribution is 2.32. The average molecular weight is 558 g/mol. The SMILES string of the molecule is Cc1noc(C)c1S(=O)(=O)Nc1ccc2c(c1)C(=O)N([C@@H](C)CO)C[C@@H](C)[C@H](CN(C)Cc1ccncc1)O2. The minimum Gasteiger partial charge on any atom is -0.488 e. The van der Waals surface area contributed by atoms with Gasteiger partial charge in [0.05, 0.1) is 18.2 Å². The van der Waals surface area contributed by atoms with Crippen LogP contribution in [0.5, 0.6) is 5.75 Å². The smallest absolute Gasteiger partial charge is 0.267 e. The fourth-order valence-electron chi connectivity index (χ4n) is 4.74. The standard InChI is InChI=1S/C27H35N5O6S/c1-17-13-32(18(2)16-33)27(34)23-12-22(30-39(35,36)26-19(3)29-38-20(26)4)6-7-24(23)37-25(17)15-31(5)14-21-8-10-28-11-9-21/h6-12,17-18,25,30,33H,13-16H2,1-5H3/t17-,18+,25+/m1/s1. The number of ether oxygens (including phenoxy) is 1. The first-order valence-corrected chi connectivity index (χ1v) is 14.2. The molecule has 0 bridgehead atoms. The van der Waals surface area contributed by atoms with Gasteiger partial charge in [-0.2, -0.15) is 0 Å². The fourth-order valence-corrected chi connectivity index (χ4v) is 6.12. The number of carbonyl (C=O) groups excluding carboxylic acids is 1. The third-order valence-corrected chi connectivity index (χ3v) is 8.47. The molecule has 0 spiro atoms. The number of anilines is 1. The van der Waals surface area contributed by atoms with Gasteiger partial charge in [0.2, 0.25) is 0 Å². The third kappa shape index (κ3) is 6.40. The van der Waals surface area contributed by atoms with Gasteiger partial charge in [-0.1, -0.05) is 12.1 Å². The summed E-state index contributed by atoms with van der Waals surface area (Å²) in [6.07, 6.45) is 3.24.